The molecule has 4 rings (SSSR count). The minimum Gasteiger partial charge on any atom is -0.381 e. The second-order valence-electron chi connectivity index (χ2n) is 8.52. The zero-order valence-electron chi connectivity index (χ0n) is 18.8. The van der Waals surface area contributed by atoms with Gasteiger partial charge in [-0.15, -0.1) is 11.8 Å². The molecule has 7 nitrogen and oxygen atoms in total. The summed E-state index contributed by atoms with van der Waals surface area (Å²) in [6, 6.07) is 13.7. The van der Waals surface area contributed by atoms with Crippen LogP contribution >= 0.6 is 11.8 Å². The first-order valence-electron chi connectivity index (χ1n) is 11.5. The molecule has 1 atom stereocenters. The fourth-order valence-corrected chi connectivity index (χ4v) is 4.96. The van der Waals surface area contributed by atoms with Gasteiger partial charge in [0.05, 0.1) is 25.0 Å². The molecule has 0 spiro atoms. The van der Waals surface area contributed by atoms with Crippen molar-refractivity contribution in [3.8, 4) is 0 Å². The Morgan fingerprint density at radius 2 is 1.85 bits per heavy atom. The average Bonchev–Trinajstić information content (AvgIpc) is 3.02. The summed E-state index contributed by atoms with van der Waals surface area (Å²) in [7, 11) is 0. The third kappa shape index (κ3) is 7.28. The van der Waals surface area contributed by atoms with Gasteiger partial charge in [-0.3, -0.25) is 14.6 Å². The van der Waals surface area contributed by atoms with Crippen LogP contribution in [0.1, 0.15) is 18.4 Å². The van der Waals surface area contributed by atoms with Crippen molar-refractivity contribution >= 4 is 23.6 Å². The van der Waals surface area contributed by atoms with Crippen LogP contribution in [0.4, 0.5) is 0 Å². The smallest absolute Gasteiger partial charge is 0.242 e. The second-order valence-corrected chi connectivity index (χ2v) is 9.57. The number of aromatic nitrogens is 1. The molecule has 0 aliphatic carbocycles. The molecule has 2 amide bonds. The Morgan fingerprint density at radius 1 is 1.09 bits per heavy atom. The molecule has 0 bridgehead atoms. The Kier molecular flexibility index (Phi) is 8.74. The van der Waals surface area contributed by atoms with E-state index >= 15 is 0 Å². The third-order valence-corrected chi connectivity index (χ3v) is 7.04. The van der Waals surface area contributed by atoms with E-state index < -0.39 is 0 Å². The number of nitrogens with zero attached hydrogens (tertiary/aromatic N) is 3. The molecule has 176 valence electrons. The first kappa shape index (κ1) is 23.7. The fraction of sp³-hybridized carbons (Fsp3) is 0.480. The Hall–Kier alpha value is -2.42. The van der Waals surface area contributed by atoms with E-state index in [1.807, 2.05) is 47.4 Å². The van der Waals surface area contributed by atoms with E-state index in [2.05, 4.69) is 4.98 Å². The van der Waals surface area contributed by atoms with Gasteiger partial charge >= 0.3 is 0 Å². The third-order valence-electron chi connectivity index (χ3n) is 6.04. The maximum atomic E-state index is 13.1. The van der Waals surface area contributed by atoms with E-state index in [-0.39, 0.29) is 24.5 Å². The van der Waals surface area contributed by atoms with Gasteiger partial charge in [0.1, 0.15) is 0 Å². The van der Waals surface area contributed by atoms with Crippen LogP contribution in [-0.4, -0.2) is 77.8 Å². The molecule has 8 heteroatoms. The molecule has 1 aromatic heterocycles. The van der Waals surface area contributed by atoms with E-state index in [1.54, 1.807) is 17.3 Å². The lowest BCUT2D eigenvalue weighted by Crippen LogP contribution is -2.42. The number of amides is 2. The number of benzene rings is 1. The van der Waals surface area contributed by atoms with Crippen molar-refractivity contribution in [1.82, 2.24) is 14.8 Å². The standard InChI is InChI=1S/C25H31N3O4S/c29-24-17-28(25(30)19-33-23-4-2-1-3-5-23)16-22(32-18-21-6-10-26-11-7-21)15-27(24)14-20-8-12-31-13-9-20/h1-7,10-11,20,22H,8-9,12-19H2. The summed E-state index contributed by atoms with van der Waals surface area (Å²) in [4.78, 5) is 34.8. The number of carbonyl (C=O) groups is 2. The van der Waals surface area contributed by atoms with Crippen LogP contribution in [-0.2, 0) is 25.7 Å². The van der Waals surface area contributed by atoms with E-state index in [0.717, 1.165) is 36.5 Å². The molecule has 0 N–H and O–H groups in total. The van der Waals surface area contributed by atoms with Crippen molar-refractivity contribution < 1.29 is 19.1 Å². The Labute approximate surface area is 199 Å². The highest BCUT2D eigenvalue weighted by Crippen LogP contribution is 2.21. The lowest BCUT2D eigenvalue weighted by molar-refractivity contribution is -0.137. The van der Waals surface area contributed by atoms with Crippen LogP contribution in [0.15, 0.2) is 59.8 Å². The van der Waals surface area contributed by atoms with Crippen LogP contribution in [0.2, 0.25) is 0 Å². The van der Waals surface area contributed by atoms with E-state index in [9.17, 15) is 9.59 Å². The fourth-order valence-electron chi connectivity index (χ4n) is 4.14. The number of hydrogen-bond acceptors (Lipinski definition) is 6. The average molecular weight is 470 g/mol. The summed E-state index contributed by atoms with van der Waals surface area (Å²) in [5.41, 5.74) is 1.02. The first-order valence-corrected chi connectivity index (χ1v) is 12.5. The second kappa shape index (κ2) is 12.2. The van der Waals surface area contributed by atoms with Crippen molar-refractivity contribution in [3.63, 3.8) is 0 Å². The van der Waals surface area contributed by atoms with Gasteiger partial charge < -0.3 is 19.3 Å². The molecule has 2 aliphatic rings. The molecule has 0 radical (unpaired) electrons. The Bertz CT molecular complexity index is 893. The Balaban J connectivity index is 1.41. The molecule has 0 saturated carbocycles. The monoisotopic (exact) mass is 469 g/mol. The lowest BCUT2D eigenvalue weighted by Gasteiger charge is -2.30. The largest absolute Gasteiger partial charge is 0.381 e. The van der Waals surface area contributed by atoms with Crippen LogP contribution in [0.25, 0.3) is 0 Å². The number of ether oxygens (including phenoxy) is 2. The highest BCUT2D eigenvalue weighted by atomic mass is 32.2. The van der Waals surface area contributed by atoms with Crippen LogP contribution in [0.3, 0.4) is 0 Å². The minimum absolute atomic E-state index is 0.00503. The van der Waals surface area contributed by atoms with Crippen LogP contribution < -0.4 is 0 Å². The van der Waals surface area contributed by atoms with Gasteiger partial charge in [0.2, 0.25) is 11.8 Å². The zero-order chi connectivity index (χ0) is 22.9. The van der Waals surface area contributed by atoms with Crippen LogP contribution in [0.5, 0.6) is 0 Å². The zero-order valence-corrected chi connectivity index (χ0v) is 19.6. The topological polar surface area (TPSA) is 72.0 Å². The molecular formula is C25H31N3O4S. The number of rotatable bonds is 8. The summed E-state index contributed by atoms with van der Waals surface area (Å²) in [5.74, 6) is 0.686. The lowest BCUT2D eigenvalue weighted by atomic mass is 9.99. The predicted molar refractivity (Wildman–Crippen MR) is 127 cm³/mol. The maximum absolute atomic E-state index is 13.1. The van der Waals surface area contributed by atoms with Crippen molar-refractivity contribution in [3.05, 3.63) is 60.4 Å². The summed E-state index contributed by atoms with van der Waals surface area (Å²) in [6.45, 7) is 3.62. The van der Waals surface area contributed by atoms with Gasteiger partial charge in [-0.05, 0) is 48.6 Å². The summed E-state index contributed by atoms with van der Waals surface area (Å²) in [6.07, 6.45) is 5.16. The summed E-state index contributed by atoms with van der Waals surface area (Å²) in [5, 5.41) is 0. The predicted octanol–water partition coefficient (Wildman–Crippen LogP) is 2.86. The van der Waals surface area contributed by atoms with Crippen molar-refractivity contribution in [1.29, 1.82) is 0 Å². The number of hydrogen-bond donors (Lipinski definition) is 0. The molecule has 1 aromatic carbocycles. The van der Waals surface area contributed by atoms with E-state index in [0.29, 0.717) is 37.9 Å². The first-order chi connectivity index (χ1) is 16.2. The normalized spacial score (nSPS) is 20.0. The quantitative estimate of drug-likeness (QED) is 0.554. The molecule has 2 aliphatic heterocycles. The molecular weight excluding hydrogens is 438 g/mol. The molecule has 2 aromatic rings. The number of thioether (sulfide) groups is 1. The molecule has 33 heavy (non-hydrogen) atoms. The molecule has 3 heterocycles. The maximum Gasteiger partial charge on any atom is 0.242 e. The highest BCUT2D eigenvalue weighted by molar-refractivity contribution is 8.00. The summed E-state index contributed by atoms with van der Waals surface area (Å²) < 4.78 is 11.7. The molecule has 2 fully saturated rings. The van der Waals surface area contributed by atoms with Gasteiger partial charge in [0.25, 0.3) is 0 Å². The van der Waals surface area contributed by atoms with Gasteiger partial charge in [0, 0.05) is 50.1 Å². The SMILES string of the molecule is O=C(CSc1ccccc1)N1CC(=O)N(CC2CCOCC2)CC(OCc2ccncc2)C1. The summed E-state index contributed by atoms with van der Waals surface area (Å²) >= 11 is 1.49. The minimum atomic E-state index is -0.241. The van der Waals surface area contributed by atoms with Crippen LogP contribution in [0, 0.1) is 5.92 Å². The Morgan fingerprint density at radius 3 is 2.61 bits per heavy atom. The van der Waals surface area contributed by atoms with Gasteiger partial charge in [0.15, 0.2) is 0 Å². The van der Waals surface area contributed by atoms with Crippen molar-refractivity contribution in [2.75, 3.05) is 45.1 Å². The number of pyridine rings is 1. The molecule has 2 saturated heterocycles. The van der Waals surface area contributed by atoms with Gasteiger partial charge in [-0.2, -0.15) is 0 Å². The molecule has 1 unspecified atom stereocenters. The highest BCUT2D eigenvalue weighted by Gasteiger charge is 2.32. The van der Waals surface area contributed by atoms with Crippen molar-refractivity contribution in [2.45, 2.75) is 30.4 Å². The van der Waals surface area contributed by atoms with E-state index in [4.69, 9.17) is 9.47 Å². The number of carbonyl (C=O) groups excluding carboxylic acids is 2. The van der Waals surface area contributed by atoms with E-state index in [1.165, 1.54) is 11.8 Å². The van der Waals surface area contributed by atoms with Gasteiger partial charge in [-0.1, -0.05) is 18.2 Å². The van der Waals surface area contributed by atoms with Crippen molar-refractivity contribution in [2.24, 2.45) is 5.92 Å². The van der Waals surface area contributed by atoms with Gasteiger partial charge in [-0.25, -0.2) is 0 Å².